The zero-order chi connectivity index (χ0) is 11.4. The molecule has 0 aromatic carbocycles. The molecule has 0 amide bonds. The quantitative estimate of drug-likeness (QED) is 0.846. The zero-order valence-corrected chi connectivity index (χ0v) is 9.40. The first-order valence-electron chi connectivity index (χ1n) is 5.20. The number of hydrogen-bond acceptors (Lipinski definition) is 5. The van der Waals surface area contributed by atoms with Gasteiger partial charge in [0.1, 0.15) is 0 Å². The molecule has 2 heterocycles. The van der Waals surface area contributed by atoms with E-state index < -0.39 is 0 Å². The Bertz CT molecular complexity index is 467. The summed E-state index contributed by atoms with van der Waals surface area (Å²) >= 11 is 0. The highest BCUT2D eigenvalue weighted by Gasteiger charge is 2.01. The molecule has 16 heavy (non-hydrogen) atoms. The summed E-state index contributed by atoms with van der Waals surface area (Å²) in [5, 5.41) is 7.11. The smallest absolute Gasteiger partial charge is 0.223 e. The summed E-state index contributed by atoms with van der Waals surface area (Å²) in [6, 6.07) is 3.94. The maximum atomic E-state index is 4.89. The number of aromatic nitrogens is 3. The van der Waals surface area contributed by atoms with Gasteiger partial charge in [-0.1, -0.05) is 5.16 Å². The van der Waals surface area contributed by atoms with Crippen molar-refractivity contribution in [3.63, 3.8) is 0 Å². The molecule has 0 atom stereocenters. The highest BCUT2D eigenvalue weighted by Crippen LogP contribution is 2.06. The summed E-state index contributed by atoms with van der Waals surface area (Å²) in [7, 11) is 0. The third-order valence-electron chi connectivity index (χ3n) is 2.14. The Kier molecular flexibility index (Phi) is 3.14. The molecule has 1 N–H and O–H groups in total. The van der Waals surface area contributed by atoms with Crippen molar-refractivity contribution in [2.24, 2.45) is 0 Å². The second-order valence-electron chi connectivity index (χ2n) is 3.59. The number of aryl methyl sites for hydroxylation is 2. The minimum atomic E-state index is 0.606. The Labute approximate surface area is 93.9 Å². The number of hydrogen-bond donors (Lipinski definition) is 1. The first kappa shape index (κ1) is 10.6. The predicted octanol–water partition coefficient (Wildman–Crippen LogP) is 1.74. The van der Waals surface area contributed by atoms with Gasteiger partial charge in [0.05, 0.1) is 0 Å². The van der Waals surface area contributed by atoms with E-state index in [1.54, 1.807) is 13.1 Å². The van der Waals surface area contributed by atoms with Gasteiger partial charge in [-0.25, -0.2) is 0 Å². The Morgan fingerprint density at radius 3 is 2.94 bits per heavy atom. The molecule has 0 saturated carbocycles. The minimum Gasteiger partial charge on any atom is -0.384 e. The third-order valence-corrected chi connectivity index (χ3v) is 2.14. The van der Waals surface area contributed by atoms with Crippen molar-refractivity contribution in [3.8, 4) is 0 Å². The number of pyridine rings is 1. The number of rotatable bonds is 4. The Balaban J connectivity index is 1.84. The monoisotopic (exact) mass is 218 g/mol. The van der Waals surface area contributed by atoms with Crippen molar-refractivity contribution in [1.82, 2.24) is 15.1 Å². The summed E-state index contributed by atoms with van der Waals surface area (Å²) in [5.41, 5.74) is 2.06. The van der Waals surface area contributed by atoms with Gasteiger partial charge in [-0.3, -0.25) is 4.98 Å². The van der Waals surface area contributed by atoms with Gasteiger partial charge in [-0.15, -0.1) is 0 Å². The largest absolute Gasteiger partial charge is 0.384 e. The van der Waals surface area contributed by atoms with E-state index in [2.05, 4.69) is 20.4 Å². The standard InChI is InChI=1S/C11H14N4O/c1-8-7-10(3-5-12-8)13-6-4-11-14-9(2)16-15-11/h3,5,7H,4,6H2,1-2H3,(H,12,13). The maximum absolute atomic E-state index is 4.89. The average molecular weight is 218 g/mol. The van der Waals surface area contributed by atoms with Gasteiger partial charge in [-0.05, 0) is 19.1 Å². The van der Waals surface area contributed by atoms with Gasteiger partial charge < -0.3 is 9.84 Å². The average Bonchev–Trinajstić information content (AvgIpc) is 2.64. The first-order chi connectivity index (χ1) is 7.74. The molecule has 0 radical (unpaired) electrons. The Hall–Kier alpha value is -1.91. The van der Waals surface area contributed by atoms with Crippen molar-refractivity contribution < 1.29 is 4.52 Å². The molecule has 0 aliphatic heterocycles. The molecule has 5 heteroatoms. The topological polar surface area (TPSA) is 63.8 Å². The molecule has 0 saturated heterocycles. The normalized spacial score (nSPS) is 10.4. The van der Waals surface area contributed by atoms with E-state index in [4.69, 9.17) is 4.52 Å². The maximum Gasteiger partial charge on any atom is 0.223 e. The molecule has 0 aliphatic carbocycles. The second kappa shape index (κ2) is 4.74. The van der Waals surface area contributed by atoms with Crippen LogP contribution in [0.15, 0.2) is 22.9 Å². The lowest BCUT2D eigenvalue weighted by atomic mass is 10.3. The lowest BCUT2D eigenvalue weighted by Gasteiger charge is -2.04. The van der Waals surface area contributed by atoms with Gasteiger partial charge in [-0.2, -0.15) is 4.98 Å². The van der Waals surface area contributed by atoms with Crippen LogP contribution in [0.25, 0.3) is 0 Å². The van der Waals surface area contributed by atoms with Crippen molar-refractivity contribution in [3.05, 3.63) is 35.7 Å². The lowest BCUT2D eigenvalue weighted by Crippen LogP contribution is -2.06. The van der Waals surface area contributed by atoms with E-state index in [0.29, 0.717) is 5.89 Å². The second-order valence-corrected chi connectivity index (χ2v) is 3.59. The molecule has 0 spiro atoms. The molecule has 0 aliphatic rings. The van der Waals surface area contributed by atoms with Crippen LogP contribution >= 0.6 is 0 Å². The molecular weight excluding hydrogens is 204 g/mol. The highest BCUT2D eigenvalue weighted by molar-refractivity contribution is 5.42. The van der Waals surface area contributed by atoms with E-state index in [1.807, 2.05) is 19.1 Å². The van der Waals surface area contributed by atoms with Crippen LogP contribution in [0.5, 0.6) is 0 Å². The van der Waals surface area contributed by atoms with E-state index in [0.717, 1.165) is 30.2 Å². The molecule has 2 aromatic heterocycles. The number of nitrogens with zero attached hydrogens (tertiary/aromatic N) is 3. The van der Waals surface area contributed by atoms with Crippen LogP contribution in [0.1, 0.15) is 17.4 Å². The van der Waals surface area contributed by atoms with Gasteiger partial charge in [0.25, 0.3) is 0 Å². The van der Waals surface area contributed by atoms with Crippen molar-refractivity contribution in [2.45, 2.75) is 20.3 Å². The molecule has 0 unspecified atom stereocenters. The van der Waals surface area contributed by atoms with E-state index in [1.165, 1.54) is 0 Å². The van der Waals surface area contributed by atoms with Crippen LogP contribution in [-0.2, 0) is 6.42 Å². The minimum absolute atomic E-state index is 0.606. The first-order valence-corrected chi connectivity index (χ1v) is 5.20. The fourth-order valence-corrected chi connectivity index (χ4v) is 1.42. The molecule has 5 nitrogen and oxygen atoms in total. The highest BCUT2D eigenvalue weighted by atomic mass is 16.5. The molecule has 0 fully saturated rings. The van der Waals surface area contributed by atoms with Gasteiger partial charge in [0.15, 0.2) is 5.82 Å². The molecule has 2 rings (SSSR count). The summed E-state index contributed by atoms with van der Waals surface area (Å²) < 4.78 is 4.89. The van der Waals surface area contributed by atoms with Gasteiger partial charge in [0, 0.05) is 37.5 Å². The molecule has 2 aromatic rings. The van der Waals surface area contributed by atoms with Gasteiger partial charge >= 0.3 is 0 Å². The van der Waals surface area contributed by atoms with E-state index in [-0.39, 0.29) is 0 Å². The predicted molar refractivity (Wildman–Crippen MR) is 60.2 cm³/mol. The molecular formula is C11H14N4O. The van der Waals surface area contributed by atoms with Crippen LogP contribution < -0.4 is 5.32 Å². The summed E-state index contributed by atoms with van der Waals surface area (Å²) in [6.45, 7) is 4.53. The Morgan fingerprint density at radius 2 is 2.25 bits per heavy atom. The molecule has 84 valence electrons. The van der Waals surface area contributed by atoms with Crippen LogP contribution in [0.2, 0.25) is 0 Å². The summed E-state index contributed by atoms with van der Waals surface area (Å²) in [5.74, 6) is 1.34. The third kappa shape index (κ3) is 2.79. The molecule has 0 bridgehead atoms. The van der Waals surface area contributed by atoms with E-state index in [9.17, 15) is 0 Å². The van der Waals surface area contributed by atoms with Crippen molar-refractivity contribution >= 4 is 5.69 Å². The van der Waals surface area contributed by atoms with Crippen LogP contribution in [0.3, 0.4) is 0 Å². The lowest BCUT2D eigenvalue weighted by molar-refractivity contribution is 0.387. The van der Waals surface area contributed by atoms with Crippen molar-refractivity contribution in [2.75, 3.05) is 11.9 Å². The van der Waals surface area contributed by atoms with Crippen molar-refractivity contribution in [1.29, 1.82) is 0 Å². The SMILES string of the molecule is Cc1cc(NCCc2noc(C)n2)ccn1. The Morgan fingerprint density at radius 1 is 1.38 bits per heavy atom. The summed E-state index contributed by atoms with van der Waals surface area (Å²) in [4.78, 5) is 8.26. The van der Waals surface area contributed by atoms with E-state index >= 15 is 0 Å². The zero-order valence-electron chi connectivity index (χ0n) is 9.40. The summed E-state index contributed by atoms with van der Waals surface area (Å²) in [6.07, 6.45) is 2.54. The van der Waals surface area contributed by atoms with Crippen LogP contribution in [0.4, 0.5) is 5.69 Å². The van der Waals surface area contributed by atoms with Crippen LogP contribution in [-0.4, -0.2) is 21.7 Å². The van der Waals surface area contributed by atoms with Gasteiger partial charge in [0.2, 0.25) is 5.89 Å². The number of nitrogens with one attached hydrogen (secondary N) is 1. The fraction of sp³-hybridized carbons (Fsp3) is 0.364. The van der Waals surface area contributed by atoms with Crippen LogP contribution in [0, 0.1) is 13.8 Å². The fourth-order valence-electron chi connectivity index (χ4n) is 1.42. The number of anilines is 1.